The fourth-order valence-corrected chi connectivity index (χ4v) is 4.16. The van der Waals surface area contributed by atoms with Gasteiger partial charge in [-0.3, -0.25) is 14.5 Å². The summed E-state index contributed by atoms with van der Waals surface area (Å²) in [4.78, 5) is 16.8. The molecule has 192 valence electrons. The molecule has 0 aliphatic heterocycles. The van der Waals surface area contributed by atoms with Crippen LogP contribution in [0.4, 0.5) is 10.1 Å². The van der Waals surface area contributed by atoms with Crippen LogP contribution >= 0.6 is 12.2 Å². The Balaban J connectivity index is 1.26. The van der Waals surface area contributed by atoms with Crippen LogP contribution in [0.3, 0.4) is 0 Å². The molecule has 0 aliphatic carbocycles. The monoisotopic (exact) mass is 531 g/mol. The summed E-state index contributed by atoms with van der Waals surface area (Å²) in [6.07, 6.45) is 3.27. The Morgan fingerprint density at radius 3 is 2.61 bits per heavy atom. The molecule has 0 saturated carbocycles. The summed E-state index contributed by atoms with van der Waals surface area (Å²) in [6.45, 7) is -0.0405. The van der Waals surface area contributed by atoms with E-state index in [2.05, 4.69) is 20.7 Å². The summed E-state index contributed by atoms with van der Waals surface area (Å²) in [6, 6.07) is 17.0. The molecule has 0 bridgehead atoms. The van der Waals surface area contributed by atoms with Gasteiger partial charge in [0, 0.05) is 29.1 Å². The second-order valence-electron chi connectivity index (χ2n) is 8.14. The van der Waals surface area contributed by atoms with Crippen LogP contribution in [-0.2, 0) is 11.3 Å². The van der Waals surface area contributed by atoms with Crippen LogP contribution in [0.5, 0.6) is 23.0 Å². The Hall–Kier alpha value is -4.77. The fourth-order valence-electron chi connectivity index (χ4n) is 3.93. The number of para-hydroxylation sites is 1. The first-order valence-corrected chi connectivity index (χ1v) is 11.9. The molecule has 0 radical (unpaired) electrons. The highest BCUT2D eigenvalue weighted by molar-refractivity contribution is 7.80. The van der Waals surface area contributed by atoms with Crippen molar-refractivity contribution in [2.45, 2.75) is 6.54 Å². The van der Waals surface area contributed by atoms with Crippen molar-refractivity contribution in [3.63, 3.8) is 0 Å². The third-order valence-electron chi connectivity index (χ3n) is 5.72. The maximum Gasteiger partial charge on any atom is 0.247 e. The average Bonchev–Trinajstić information content (AvgIpc) is 3.32. The molecule has 9 nitrogen and oxygen atoms in total. The van der Waals surface area contributed by atoms with E-state index in [-0.39, 0.29) is 23.1 Å². The van der Waals surface area contributed by atoms with Crippen molar-refractivity contribution in [2.75, 3.05) is 19.5 Å². The van der Waals surface area contributed by atoms with E-state index in [4.69, 9.17) is 26.4 Å². The highest BCUT2D eigenvalue weighted by Gasteiger charge is 2.14. The minimum Gasteiger partial charge on any atom is -0.493 e. The summed E-state index contributed by atoms with van der Waals surface area (Å²) in [5, 5.41) is 11.0. The van der Waals surface area contributed by atoms with Crippen LogP contribution in [0.2, 0.25) is 0 Å². The van der Waals surface area contributed by atoms with Crippen molar-refractivity contribution in [1.29, 1.82) is 0 Å². The van der Waals surface area contributed by atoms with Gasteiger partial charge < -0.3 is 24.8 Å². The number of carbonyl (C=O) groups is 1. The van der Waals surface area contributed by atoms with Gasteiger partial charge >= 0.3 is 0 Å². The molecule has 2 heterocycles. The Morgan fingerprint density at radius 1 is 1.03 bits per heavy atom. The van der Waals surface area contributed by atoms with Gasteiger partial charge in [-0.05, 0) is 42.5 Å². The highest BCUT2D eigenvalue weighted by Crippen LogP contribution is 2.37. The Morgan fingerprint density at radius 2 is 1.82 bits per heavy atom. The lowest BCUT2D eigenvalue weighted by Gasteiger charge is -2.14. The number of nitrogens with zero attached hydrogens (tertiary/aromatic N) is 3. The summed E-state index contributed by atoms with van der Waals surface area (Å²) < 4.78 is 33.1. The van der Waals surface area contributed by atoms with Crippen LogP contribution in [0.15, 0.2) is 73.1 Å². The lowest BCUT2D eigenvalue weighted by molar-refractivity contribution is -0.120. The second-order valence-corrected chi connectivity index (χ2v) is 8.55. The molecule has 5 rings (SSSR count). The SMILES string of the molecule is COc1cc2nccc(Oc3ccc(NC(=S)NC(=O)Cn4ncc5ccccc54)c(F)c3)c2cc1OC. The Bertz CT molecular complexity index is 1670. The number of carbonyl (C=O) groups excluding carboxylic acids is 1. The number of hydrogen-bond donors (Lipinski definition) is 2. The molecule has 0 unspecified atom stereocenters. The highest BCUT2D eigenvalue weighted by atomic mass is 32.1. The van der Waals surface area contributed by atoms with Gasteiger partial charge in [0.05, 0.1) is 37.1 Å². The number of thiocarbonyl (C=S) groups is 1. The van der Waals surface area contributed by atoms with E-state index < -0.39 is 11.7 Å². The van der Waals surface area contributed by atoms with Gasteiger partial charge in [-0.15, -0.1) is 0 Å². The van der Waals surface area contributed by atoms with Crippen molar-refractivity contribution < 1.29 is 23.4 Å². The third kappa shape index (κ3) is 5.18. The van der Waals surface area contributed by atoms with E-state index in [0.717, 1.165) is 10.9 Å². The van der Waals surface area contributed by atoms with Crippen LogP contribution in [0, 0.1) is 5.82 Å². The first-order chi connectivity index (χ1) is 18.4. The predicted molar refractivity (Wildman–Crippen MR) is 145 cm³/mol. The van der Waals surface area contributed by atoms with E-state index in [0.29, 0.717) is 28.2 Å². The maximum atomic E-state index is 14.9. The first-order valence-electron chi connectivity index (χ1n) is 11.4. The van der Waals surface area contributed by atoms with Gasteiger partial charge in [0.2, 0.25) is 5.91 Å². The number of benzene rings is 3. The van der Waals surface area contributed by atoms with E-state index in [1.165, 1.54) is 19.2 Å². The second kappa shape index (κ2) is 10.7. The lowest BCUT2D eigenvalue weighted by Crippen LogP contribution is -2.36. The largest absolute Gasteiger partial charge is 0.493 e. The van der Waals surface area contributed by atoms with E-state index >= 15 is 0 Å². The summed E-state index contributed by atoms with van der Waals surface area (Å²) >= 11 is 5.20. The average molecular weight is 532 g/mol. The van der Waals surface area contributed by atoms with Crippen molar-refractivity contribution in [1.82, 2.24) is 20.1 Å². The van der Waals surface area contributed by atoms with Gasteiger partial charge in [-0.1, -0.05) is 18.2 Å². The fraction of sp³-hybridized carbons (Fsp3) is 0.111. The number of hydrogen-bond acceptors (Lipinski definition) is 7. The molecule has 0 aliphatic rings. The van der Waals surface area contributed by atoms with Gasteiger partial charge in [0.15, 0.2) is 16.6 Å². The minimum atomic E-state index is -0.616. The molecular weight excluding hydrogens is 509 g/mol. The molecule has 11 heteroatoms. The zero-order valence-corrected chi connectivity index (χ0v) is 21.2. The van der Waals surface area contributed by atoms with E-state index in [1.807, 2.05) is 24.3 Å². The van der Waals surface area contributed by atoms with Gasteiger partial charge in [0.1, 0.15) is 23.9 Å². The molecule has 0 atom stereocenters. The smallest absolute Gasteiger partial charge is 0.247 e. The van der Waals surface area contributed by atoms with Crippen LogP contribution in [0.25, 0.3) is 21.8 Å². The standard InChI is InChI=1S/C27H22FN5O4S/c1-35-24-12-18-21(13-25(24)36-2)29-10-9-23(18)37-17-7-8-20(19(28)11-17)31-27(38)32-26(34)15-33-22-6-4-3-5-16(22)14-30-33/h3-14H,15H2,1-2H3,(H2,31,32,34,38). The summed E-state index contributed by atoms with van der Waals surface area (Å²) in [7, 11) is 3.08. The number of ether oxygens (including phenoxy) is 3. The third-order valence-corrected chi connectivity index (χ3v) is 5.92. The molecule has 0 saturated heterocycles. The first kappa shape index (κ1) is 24.9. The summed E-state index contributed by atoms with van der Waals surface area (Å²) in [5.74, 6) is 0.760. The van der Waals surface area contributed by atoms with Crippen LogP contribution < -0.4 is 24.8 Å². The van der Waals surface area contributed by atoms with E-state index in [1.54, 1.807) is 48.5 Å². The number of halogens is 1. The number of rotatable bonds is 7. The quantitative estimate of drug-likeness (QED) is 0.282. The molecule has 0 spiro atoms. The van der Waals surface area contributed by atoms with Gasteiger partial charge in [-0.25, -0.2) is 4.39 Å². The number of methoxy groups -OCH3 is 2. The van der Waals surface area contributed by atoms with Gasteiger partial charge in [-0.2, -0.15) is 5.10 Å². The van der Waals surface area contributed by atoms with Crippen LogP contribution in [0.1, 0.15) is 0 Å². The molecule has 1 amide bonds. The number of aromatic nitrogens is 3. The van der Waals surface area contributed by atoms with Crippen molar-refractivity contribution in [2.24, 2.45) is 0 Å². The topological polar surface area (TPSA) is 99.5 Å². The zero-order valence-electron chi connectivity index (χ0n) is 20.4. The molecule has 3 aromatic carbocycles. The van der Waals surface area contributed by atoms with Crippen LogP contribution in [-0.4, -0.2) is 40.0 Å². The van der Waals surface area contributed by atoms with Crippen molar-refractivity contribution in [3.8, 4) is 23.0 Å². The number of pyridine rings is 1. The Labute approximate surface area is 222 Å². The minimum absolute atomic E-state index is 0.0405. The summed E-state index contributed by atoms with van der Waals surface area (Å²) in [5.41, 5.74) is 1.53. The van der Waals surface area contributed by atoms with Crippen molar-refractivity contribution >= 4 is 50.7 Å². The van der Waals surface area contributed by atoms with Gasteiger partial charge in [0.25, 0.3) is 0 Å². The van der Waals surface area contributed by atoms with Crippen molar-refractivity contribution in [3.05, 3.63) is 78.9 Å². The van der Waals surface area contributed by atoms with E-state index in [9.17, 15) is 9.18 Å². The Kier molecular flexibility index (Phi) is 7.00. The number of fused-ring (bicyclic) bond motifs is 2. The molecular formula is C27H22FN5O4S. The molecule has 2 aromatic heterocycles. The molecule has 2 N–H and O–H groups in total. The lowest BCUT2D eigenvalue weighted by atomic mass is 10.2. The number of anilines is 1. The number of amides is 1. The zero-order chi connectivity index (χ0) is 26.6. The molecule has 38 heavy (non-hydrogen) atoms. The molecule has 0 fully saturated rings. The number of nitrogens with one attached hydrogen (secondary N) is 2. The normalized spacial score (nSPS) is 10.8. The maximum absolute atomic E-state index is 14.9. The predicted octanol–water partition coefficient (Wildman–Crippen LogP) is 5.05. The molecule has 5 aromatic rings.